The fourth-order valence-corrected chi connectivity index (χ4v) is 6.16. The van der Waals surface area contributed by atoms with Gasteiger partial charge in [-0.25, -0.2) is 0 Å². The Hall–Kier alpha value is -1.99. The number of unbranched alkanes of at least 4 members (excludes halogenated alkanes) is 3. The van der Waals surface area contributed by atoms with E-state index in [1.54, 1.807) is 14.2 Å². The molecule has 0 radical (unpaired) electrons. The number of carbonyl (C=O) groups excluding carboxylic acids is 1. The molecule has 0 bridgehead atoms. The zero-order valence-electron chi connectivity index (χ0n) is 21.7. The van der Waals surface area contributed by atoms with Gasteiger partial charge in [-0.15, -0.1) is 0 Å². The molecule has 2 rings (SSSR count). The van der Waals surface area contributed by atoms with E-state index in [2.05, 4.69) is 32.9 Å². The summed E-state index contributed by atoms with van der Waals surface area (Å²) >= 11 is 0. The minimum absolute atomic E-state index is 0.0840. The molecule has 0 amide bonds. The highest BCUT2D eigenvalue weighted by Gasteiger charge is 2.42. The molecule has 0 aliphatic rings. The van der Waals surface area contributed by atoms with Gasteiger partial charge in [0.25, 0.3) is 0 Å². The summed E-state index contributed by atoms with van der Waals surface area (Å²) < 4.78 is 23.0. The van der Waals surface area contributed by atoms with Crippen LogP contribution in [0.1, 0.15) is 75.2 Å². The Balaban J connectivity index is 1.68. The standard InChI is InChI=1S/C28H42O5Si/c1-22(2)34(30-5,31-6)33-21-13-8-7-12-20-32-27-18-16-26(17-19-27)28(29)24(4)23(3)25-14-10-9-11-15-25/h9-11,14-19,22-24H,7-8,12-13,20-21H2,1-6H3. The number of carbonyl (C=O) groups is 1. The maximum absolute atomic E-state index is 12.9. The predicted molar refractivity (Wildman–Crippen MR) is 140 cm³/mol. The molecule has 6 heteroatoms. The number of Topliss-reactive ketones (excluding diaryl/α,β-unsaturated/α-hetero) is 1. The lowest BCUT2D eigenvalue weighted by Crippen LogP contribution is -2.47. The number of hydrogen-bond donors (Lipinski definition) is 0. The van der Waals surface area contributed by atoms with Crippen LogP contribution in [0.15, 0.2) is 54.6 Å². The fourth-order valence-electron chi connectivity index (χ4n) is 4.05. The first kappa shape index (κ1) is 28.2. The van der Waals surface area contributed by atoms with Crippen molar-refractivity contribution in [2.24, 2.45) is 5.92 Å². The SMILES string of the molecule is CO[Si](OC)(OCCCCCCOc1ccc(C(=O)C(C)C(C)c2ccccc2)cc1)C(C)C. The second-order valence-electron chi connectivity index (χ2n) is 9.15. The zero-order valence-corrected chi connectivity index (χ0v) is 22.7. The van der Waals surface area contributed by atoms with Crippen LogP contribution in [-0.2, 0) is 13.3 Å². The van der Waals surface area contributed by atoms with Crippen molar-refractivity contribution in [3.8, 4) is 5.75 Å². The molecule has 2 aromatic rings. The van der Waals surface area contributed by atoms with Crippen LogP contribution in [-0.4, -0.2) is 42.0 Å². The topological polar surface area (TPSA) is 54.0 Å². The monoisotopic (exact) mass is 486 g/mol. The van der Waals surface area contributed by atoms with E-state index in [9.17, 15) is 4.79 Å². The molecule has 0 N–H and O–H groups in total. The van der Waals surface area contributed by atoms with Gasteiger partial charge in [0.2, 0.25) is 0 Å². The van der Waals surface area contributed by atoms with Crippen LogP contribution >= 0.6 is 0 Å². The second kappa shape index (κ2) is 14.4. The molecule has 0 saturated carbocycles. The zero-order chi connectivity index (χ0) is 25.0. The van der Waals surface area contributed by atoms with Crippen molar-refractivity contribution >= 4 is 14.6 Å². The quantitative estimate of drug-likeness (QED) is 0.147. The third-order valence-corrected chi connectivity index (χ3v) is 9.67. The Labute approximate surface area is 207 Å². The van der Waals surface area contributed by atoms with E-state index in [4.69, 9.17) is 18.0 Å². The molecular weight excluding hydrogens is 444 g/mol. The summed E-state index contributed by atoms with van der Waals surface area (Å²) in [6.07, 6.45) is 4.10. The normalized spacial score (nSPS) is 13.6. The van der Waals surface area contributed by atoms with Crippen LogP contribution in [0.25, 0.3) is 0 Å². The van der Waals surface area contributed by atoms with Crippen LogP contribution in [0, 0.1) is 5.92 Å². The van der Waals surface area contributed by atoms with Crippen molar-refractivity contribution in [2.45, 2.75) is 64.8 Å². The smallest absolute Gasteiger partial charge is 0.494 e. The van der Waals surface area contributed by atoms with Gasteiger partial charge in [-0.3, -0.25) is 4.79 Å². The average molecular weight is 487 g/mol. The van der Waals surface area contributed by atoms with Gasteiger partial charge in [-0.1, -0.05) is 64.4 Å². The molecule has 2 unspecified atom stereocenters. The molecule has 2 aromatic carbocycles. The van der Waals surface area contributed by atoms with Crippen molar-refractivity contribution in [1.82, 2.24) is 0 Å². The summed E-state index contributed by atoms with van der Waals surface area (Å²) in [6, 6.07) is 17.7. The first-order valence-corrected chi connectivity index (χ1v) is 14.2. The maximum Gasteiger partial charge on any atom is 0.503 e. The van der Waals surface area contributed by atoms with Crippen LogP contribution < -0.4 is 4.74 Å². The molecule has 0 aliphatic heterocycles. The highest BCUT2D eigenvalue weighted by molar-refractivity contribution is 6.62. The van der Waals surface area contributed by atoms with Gasteiger partial charge in [0, 0.05) is 37.8 Å². The van der Waals surface area contributed by atoms with E-state index in [-0.39, 0.29) is 23.2 Å². The van der Waals surface area contributed by atoms with Crippen molar-refractivity contribution < 1.29 is 22.8 Å². The van der Waals surface area contributed by atoms with Crippen molar-refractivity contribution in [2.75, 3.05) is 27.4 Å². The molecule has 0 aromatic heterocycles. The Morgan fingerprint density at radius 1 is 0.794 bits per heavy atom. The van der Waals surface area contributed by atoms with Crippen LogP contribution in [0.4, 0.5) is 0 Å². The number of ether oxygens (including phenoxy) is 1. The fraction of sp³-hybridized carbons (Fsp3) is 0.536. The van der Waals surface area contributed by atoms with Crippen LogP contribution in [0.3, 0.4) is 0 Å². The third kappa shape index (κ3) is 8.05. The van der Waals surface area contributed by atoms with E-state index < -0.39 is 8.80 Å². The van der Waals surface area contributed by atoms with Crippen molar-refractivity contribution in [3.05, 3.63) is 65.7 Å². The van der Waals surface area contributed by atoms with E-state index in [1.807, 2.05) is 49.4 Å². The lowest BCUT2D eigenvalue weighted by atomic mass is 9.84. The van der Waals surface area contributed by atoms with Crippen molar-refractivity contribution in [1.29, 1.82) is 0 Å². The lowest BCUT2D eigenvalue weighted by Gasteiger charge is -2.29. The Kier molecular flexibility index (Phi) is 12.0. The Morgan fingerprint density at radius 2 is 1.38 bits per heavy atom. The highest BCUT2D eigenvalue weighted by Crippen LogP contribution is 2.27. The average Bonchev–Trinajstić information content (AvgIpc) is 2.87. The van der Waals surface area contributed by atoms with Gasteiger partial charge in [0.05, 0.1) is 6.61 Å². The van der Waals surface area contributed by atoms with Crippen molar-refractivity contribution in [3.63, 3.8) is 0 Å². The van der Waals surface area contributed by atoms with Gasteiger partial charge in [0.15, 0.2) is 5.78 Å². The molecule has 34 heavy (non-hydrogen) atoms. The van der Waals surface area contributed by atoms with Gasteiger partial charge in [-0.2, -0.15) is 0 Å². The molecule has 0 saturated heterocycles. The number of hydrogen-bond acceptors (Lipinski definition) is 5. The number of rotatable bonds is 16. The second-order valence-corrected chi connectivity index (χ2v) is 12.6. The summed E-state index contributed by atoms with van der Waals surface area (Å²) in [4.78, 5) is 12.9. The van der Waals surface area contributed by atoms with Gasteiger partial charge in [-0.05, 0) is 55.0 Å². The summed E-state index contributed by atoms with van der Waals surface area (Å²) in [6.45, 7) is 9.58. The minimum Gasteiger partial charge on any atom is -0.494 e. The van der Waals surface area contributed by atoms with E-state index in [0.29, 0.717) is 13.2 Å². The van der Waals surface area contributed by atoms with Gasteiger partial charge in [0.1, 0.15) is 5.75 Å². The minimum atomic E-state index is -2.53. The van der Waals surface area contributed by atoms with Gasteiger partial charge < -0.3 is 18.0 Å². The molecule has 0 spiro atoms. The molecule has 5 nitrogen and oxygen atoms in total. The highest BCUT2D eigenvalue weighted by atomic mass is 28.4. The summed E-state index contributed by atoms with van der Waals surface area (Å²) in [5.74, 6) is 1.05. The van der Waals surface area contributed by atoms with Gasteiger partial charge >= 0.3 is 8.80 Å². The largest absolute Gasteiger partial charge is 0.503 e. The summed E-state index contributed by atoms with van der Waals surface area (Å²) in [7, 11) is 0.803. The summed E-state index contributed by atoms with van der Waals surface area (Å²) in [5, 5.41) is 0. The van der Waals surface area contributed by atoms with E-state index in [0.717, 1.165) is 37.0 Å². The lowest BCUT2D eigenvalue weighted by molar-refractivity contribution is 0.0885. The molecule has 0 heterocycles. The molecule has 0 aliphatic carbocycles. The summed E-state index contributed by atoms with van der Waals surface area (Å²) in [5.41, 5.74) is 2.16. The first-order chi connectivity index (χ1) is 16.3. The molecule has 2 atom stereocenters. The number of benzene rings is 2. The Morgan fingerprint density at radius 3 is 1.94 bits per heavy atom. The predicted octanol–water partition coefficient (Wildman–Crippen LogP) is 6.91. The van der Waals surface area contributed by atoms with E-state index >= 15 is 0 Å². The molecular formula is C28H42O5Si. The van der Waals surface area contributed by atoms with E-state index in [1.165, 1.54) is 5.56 Å². The maximum atomic E-state index is 12.9. The van der Waals surface area contributed by atoms with Crippen LogP contribution in [0.2, 0.25) is 5.54 Å². The Bertz CT molecular complexity index is 834. The third-order valence-electron chi connectivity index (χ3n) is 6.51. The van der Waals surface area contributed by atoms with Crippen LogP contribution in [0.5, 0.6) is 5.75 Å². The molecule has 0 fully saturated rings. The number of ketones is 1. The molecule has 188 valence electrons. The first-order valence-electron chi connectivity index (χ1n) is 12.4.